The van der Waals surface area contributed by atoms with Crippen LogP contribution in [0.5, 0.6) is 0 Å². The average Bonchev–Trinajstić information content (AvgIpc) is 3.44. The Bertz CT molecular complexity index is 1070. The van der Waals surface area contributed by atoms with E-state index in [2.05, 4.69) is 117 Å². The van der Waals surface area contributed by atoms with Gasteiger partial charge in [-0.3, -0.25) is 0 Å². The molecule has 33 heavy (non-hydrogen) atoms. The van der Waals surface area contributed by atoms with Gasteiger partial charge in [-0.25, -0.2) is 0 Å². The van der Waals surface area contributed by atoms with Crippen molar-refractivity contribution in [2.75, 3.05) is 0 Å². The maximum absolute atomic E-state index is 2.26. The zero-order valence-electron chi connectivity index (χ0n) is 19.3. The normalized spacial score (nSPS) is 9.58. The van der Waals surface area contributed by atoms with Crippen molar-refractivity contribution < 1.29 is 48.1 Å². The third-order valence-electron chi connectivity index (χ3n) is 5.35. The Morgan fingerprint density at radius 1 is 0.636 bits per heavy atom. The van der Waals surface area contributed by atoms with E-state index in [1.165, 1.54) is 44.3 Å². The summed E-state index contributed by atoms with van der Waals surface area (Å²) in [6, 6.07) is 38.1. The zero-order valence-corrected chi connectivity index (χ0v) is 24.4. The standard InChI is InChI=1S/2C11H11.C7H8Si.2ClH.Zr/c2*1-2-9-7-10-5-3-4-6-11(10)8-9;8-6-7-4-2-1-3-5-7;;;/h2*3-8H,2H2,1H3;1-5,8H,6H2;2*1H;/q2*-1;;;;+2/p-2. The van der Waals surface area contributed by atoms with E-state index < -0.39 is 0 Å². The van der Waals surface area contributed by atoms with Crippen LogP contribution >= 0.6 is 0 Å². The first-order valence-corrected chi connectivity index (χ1v) is 16.7. The number of rotatable bonds is 4. The van der Waals surface area contributed by atoms with Crippen molar-refractivity contribution in [3.8, 4) is 0 Å². The second kappa shape index (κ2) is 16.2. The molecular weight excluding hydrogens is 539 g/mol. The molecule has 0 nitrogen and oxygen atoms in total. The number of hydrogen-bond acceptors (Lipinski definition) is 0. The Morgan fingerprint density at radius 2 is 1.06 bits per heavy atom. The quantitative estimate of drug-likeness (QED) is 0.227. The maximum atomic E-state index is 2.26. The van der Waals surface area contributed by atoms with Gasteiger partial charge in [-0.2, -0.15) is 12.1 Å². The Hall–Kier alpha value is -1.44. The first kappa shape index (κ1) is 29.6. The topological polar surface area (TPSA) is 0 Å². The molecule has 0 atom stereocenters. The monoisotopic (exact) mass is 566 g/mol. The predicted octanol–water partition coefficient (Wildman–Crippen LogP) is 1.34. The molecule has 5 aromatic rings. The van der Waals surface area contributed by atoms with Gasteiger partial charge >= 0.3 is 71.4 Å². The van der Waals surface area contributed by atoms with E-state index in [-0.39, 0.29) is 24.8 Å². The van der Waals surface area contributed by atoms with Gasteiger partial charge in [0.2, 0.25) is 0 Å². The molecule has 0 aromatic heterocycles. The van der Waals surface area contributed by atoms with E-state index in [0.717, 1.165) is 12.8 Å². The third-order valence-corrected chi connectivity index (χ3v) is 7.53. The van der Waals surface area contributed by atoms with E-state index in [4.69, 9.17) is 0 Å². The molecule has 0 radical (unpaired) electrons. The van der Waals surface area contributed by atoms with Crippen LogP contribution < -0.4 is 24.8 Å². The van der Waals surface area contributed by atoms with Crippen LogP contribution in [-0.4, -0.2) is 6.16 Å². The molecule has 0 spiro atoms. The Labute approximate surface area is 226 Å². The van der Waals surface area contributed by atoms with E-state index >= 15 is 0 Å². The van der Waals surface area contributed by atoms with Crippen molar-refractivity contribution in [3.63, 3.8) is 0 Å². The Balaban J connectivity index is 0.000000242. The first-order chi connectivity index (χ1) is 15.2. The molecule has 4 heteroatoms. The Kier molecular flexibility index (Phi) is 14.6. The van der Waals surface area contributed by atoms with Crippen molar-refractivity contribution in [2.45, 2.75) is 32.7 Å². The molecule has 0 unspecified atom stereocenters. The summed E-state index contributed by atoms with van der Waals surface area (Å²) in [7, 11) is 0. The number of benzene rings is 3. The van der Waals surface area contributed by atoms with Crippen molar-refractivity contribution in [3.05, 3.63) is 120 Å². The number of fused-ring (bicyclic) bond motifs is 2. The van der Waals surface area contributed by atoms with Gasteiger partial charge in [-0.05, 0) is 12.8 Å². The van der Waals surface area contributed by atoms with Crippen LogP contribution in [0.1, 0.15) is 30.5 Å². The minimum atomic E-state index is 0. The first-order valence-electron chi connectivity index (χ1n) is 11.0. The van der Waals surface area contributed by atoms with Gasteiger partial charge in [0.1, 0.15) is 0 Å². The van der Waals surface area contributed by atoms with Gasteiger partial charge in [0.15, 0.2) is 0 Å². The summed E-state index contributed by atoms with van der Waals surface area (Å²) in [5, 5.41) is 5.46. The van der Waals surface area contributed by atoms with Crippen LogP contribution in [0.25, 0.3) is 21.5 Å². The number of aryl methyl sites for hydroxylation is 2. The van der Waals surface area contributed by atoms with Gasteiger partial charge < -0.3 is 24.8 Å². The second-order valence-corrected chi connectivity index (χ2v) is 11.4. The van der Waals surface area contributed by atoms with Crippen LogP contribution in [0.2, 0.25) is 0 Å². The van der Waals surface area contributed by atoms with Crippen LogP contribution in [0.15, 0.2) is 103 Å². The summed E-state index contributed by atoms with van der Waals surface area (Å²) in [5.41, 5.74) is 4.38. The molecule has 170 valence electrons. The molecule has 0 saturated heterocycles. The second-order valence-electron chi connectivity index (χ2n) is 7.59. The number of hydrogen-bond donors (Lipinski definition) is 0. The van der Waals surface area contributed by atoms with Gasteiger partial charge in [0.05, 0.1) is 0 Å². The SMILES string of the molecule is CCc1cc2ccccc2[cH-]1.CCc1cc2ccccc2[cH-]1.[Cl-].[Cl-].[Zr+2]=[SiH]Cc1ccccc1. The fourth-order valence-corrected chi connectivity index (χ4v) is 5.82. The summed E-state index contributed by atoms with van der Waals surface area (Å²) in [6.45, 7) is 4.38. The molecule has 0 amide bonds. The Morgan fingerprint density at radius 3 is 1.45 bits per heavy atom. The minimum absolute atomic E-state index is 0. The predicted molar refractivity (Wildman–Crippen MR) is 135 cm³/mol. The average molecular weight is 569 g/mol. The summed E-state index contributed by atoms with van der Waals surface area (Å²) in [4.78, 5) is 0. The molecule has 0 bridgehead atoms. The number of halogens is 2. The van der Waals surface area contributed by atoms with Gasteiger partial charge in [-0.1, -0.05) is 26.0 Å². The fraction of sp³-hybridized carbons (Fsp3) is 0.172. The van der Waals surface area contributed by atoms with Gasteiger partial charge in [0.25, 0.3) is 0 Å². The summed E-state index contributed by atoms with van der Waals surface area (Å²) >= 11 is 1.72. The summed E-state index contributed by atoms with van der Waals surface area (Å²) in [5.74, 6) is 0. The molecule has 5 rings (SSSR count). The molecule has 0 aliphatic heterocycles. The van der Waals surface area contributed by atoms with Gasteiger partial charge in [-0.15, -0.1) is 81.2 Å². The van der Waals surface area contributed by atoms with E-state index in [1.807, 2.05) is 0 Å². The van der Waals surface area contributed by atoms with Crippen LogP contribution in [0.4, 0.5) is 0 Å². The van der Waals surface area contributed by atoms with E-state index in [9.17, 15) is 0 Å². The third kappa shape index (κ3) is 9.38. The van der Waals surface area contributed by atoms with Crippen LogP contribution in [-0.2, 0) is 42.2 Å². The molecule has 0 saturated carbocycles. The molecule has 5 aromatic carbocycles. The zero-order chi connectivity index (χ0) is 21.9. The van der Waals surface area contributed by atoms with Crippen molar-refractivity contribution >= 4 is 27.7 Å². The molecule has 0 N–H and O–H groups in total. The van der Waals surface area contributed by atoms with Crippen molar-refractivity contribution in [2.24, 2.45) is 0 Å². The van der Waals surface area contributed by atoms with Crippen LogP contribution in [0, 0.1) is 0 Å². The van der Waals surface area contributed by atoms with Crippen LogP contribution in [0.3, 0.4) is 0 Å². The molecule has 0 aliphatic rings. The van der Waals surface area contributed by atoms with Crippen molar-refractivity contribution in [1.29, 1.82) is 0 Å². The molecule has 0 heterocycles. The summed E-state index contributed by atoms with van der Waals surface area (Å²) < 4.78 is 0. The molecule has 0 aliphatic carbocycles. The van der Waals surface area contributed by atoms with E-state index in [1.54, 1.807) is 23.3 Å². The van der Waals surface area contributed by atoms with E-state index in [0.29, 0.717) is 6.16 Å². The fourth-order valence-electron chi connectivity index (χ4n) is 3.57. The summed E-state index contributed by atoms with van der Waals surface area (Å²) in [6.07, 6.45) is 2.98. The van der Waals surface area contributed by atoms with Gasteiger partial charge in [0, 0.05) is 0 Å². The molecular formula is C29H30Cl2SiZr-2. The van der Waals surface area contributed by atoms with Crippen molar-refractivity contribution in [1.82, 2.24) is 0 Å². The molecule has 0 fully saturated rings.